The molecular formula is C24H32NO4+. The van der Waals surface area contributed by atoms with Gasteiger partial charge < -0.3 is 19.1 Å². The molecule has 29 heavy (non-hydrogen) atoms. The molecule has 156 valence electrons. The largest absolute Gasteiger partial charge is 0.465 e. The van der Waals surface area contributed by atoms with Crippen LogP contribution >= 0.6 is 0 Å². The van der Waals surface area contributed by atoms with Crippen LogP contribution in [0.15, 0.2) is 54.6 Å². The molecule has 1 aliphatic rings. The van der Waals surface area contributed by atoms with Gasteiger partial charge in [0.25, 0.3) is 0 Å². The number of aliphatic hydroxyl groups is 1. The van der Waals surface area contributed by atoms with E-state index >= 15 is 0 Å². The van der Waals surface area contributed by atoms with Crippen LogP contribution in [0.3, 0.4) is 0 Å². The maximum absolute atomic E-state index is 11.7. The van der Waals surface area contributed by atoms with Gasteiger partial charge in [0.2, 0.25) is 0 Å². The molecule has 1 heterocycles. The van der Waals surface area contributed by atoms with Gasteiger partial charge in [0.1, 0.15) is 19.2 Å². The summed E-state index contributed by atoms with van der Waals surface area (Å²) in [5.41, 5.74) is 2.86. The molecule has 2 aromatic rings. The average molecular weight is 399 g/mol. The summed E-state index contributed by atoms with van der Waals surface area (Å²) in [7, 11) is 1.39. The van der Waals surface area contributed by atoms with Gasteiger partial charge >= 0.3 is 5.97 Å². The molecular weight excluding hydrogens is 366 g/mol. The average Bonchev–Trinajstić information content (AvgIpc) is 2.75. The molecule has 0 amide bonds. The number of piperidine rings is 1. The highest BCUT2D eigenvalue weighted by atomic mass is 16.5. The van der Waals surface area contributed by atoms with Crippen molar-refractivity contribution in [2.24, 2.45) is 0 Å². The molecule has 0 radical (unpaired) electrons. The van der Waals surface area contributed by atoms with Crippen LogP contribution in [0.25, 0.3) is 0 Å². The highest BCUT2D eigenvalue weighted by Gasteiger charge is 2.32. The Labute approximate surface area is 173 Å². The molecule has 0 bridgehead atoms. The molecule has 3 rings (SSSR count). The molecule has 1 atom stereocenters. The molecule has 5 heteroatoms. The van der Waals surface area contributed by atoms with Gasteiger partial charge in [-0.2, -0.15) is 0 Å². The molecule has 2 aromatic carbocycles. The number of quaternary nitrogens is 1. The molecule has 1 saturated heterocycles. The third kappa shape index (κ3) is 6.39. The number of ether oxygens (including phenoxy) is 2. The minimum Gasteiger partial charge on any atom is -0.465 e. The number of methoxy groups -OCH3 is 1. The highest BCUT2D eigenvalue weighted by molar-refractivity contribution is 5.89. The van der Waals surface area contributed by atoms with E-state index in [9.17, 15) is 9.90 Å². The molecule has 1 aliphatic heterocycles. The number of hydrogen-bond acceptors (Lipinski definition) is 4. The van der Waals surface area contributed by atoms with Crippen LogP contribution in [-0.4, -0.2) is 55.0 Å². The first kappa shape index (κ1) is 21.5. The Morgan fingerprint density at radius 2 is 1.69 bits per heavy atom. The van der Waals surface area contributed by atoms with Crippen LogP contribution < -0.4 is 0 Å². The summed E-state index contributed by atoms with van der Waals surface area (Å²) in [4.78, 5) is 11.7. The quantitative estimate of drug-likeness (QED) is 0.518. The lowest BCUT2D eigenvalue weighted by atomic mass is 10.0. The summed E-state index contributed by atoms with van der Waals surface area (Å²) < 4.78 is 11.4. The molecule has 0 aliphatic carbocycles. The lowest BCUT2D eigenvalue weighted by Gasteiger charge is -2.43. The van der Waals surface area contributed by atoms with Crippen molar-refractivity contribution in [3.05, 3.63) is 71.3 Å². The Bertz CT molecular complexity index is 754. The maximum Gasteiger partial charge on any atom is 0.337 e. The first-order chi connectivity index (χ1) is 14.1. The van der Waals surface area contributed by atoms with Crippen molar-refractivity contribution < 1.29 is 23.9 Å². The van der Waals surface area contributed by atoms with Gasteiger partial charge in [0, 0.05) is 5.56 Å². The van der Waals surface area contributed by atoms with E-state index < -0.39 is 6.10 Å². The van der Waals surface area contributed by atoms with E-state index in [1.54, 1.807) is 0 Å². The molecule has 1 unspecified atom stereocenters. The normalized spacial score (nSPS) is 16.9. The lowest BCUT2D eigenvalue weighted by molar-refractivity contribution is -0.947. The van der Waals surface area contributed by atoms with Crippen molar-refractivity contribution in [3.8, 4) is 0 Å². The van der Waals surface area contributed by atoms with Crippen molar-refractivity contribution in [2.45, 2.75) is 38.5 Å². The number of benzene rings is 2. The molecule has 5 nitrogen and oxygen atoms in total. The van der Waals surface area contributed by atoms with E-state index in [-0.39, 0.29) is 5.97 Å². The standard InChI is InChI=1S/C24H32NO4/c1-28-24(27)22-12-10-20(11-13-22)16-25(14-6-3-7-15-25)17-23(26)19-29-18-21-8-4-2-5-9-21/h2,4-5,8-13,23,26H,3,6-7,14-19H2,1H3/q+1. The van der Waals surface area contributed by atoms with Gasteiger partial charge in [0.05, 0.1) is 39.0 Å². The highest BCUT2D eigenvalue weighted by Crippen LogP contribution is 2.24. The second-order valence-corrected chi connectivity index (χ2v) is 8.03. The van der Waals surface area contributed by atoms with Crippen LogP contribution in [0.2, 0.25) is 0 Å². The fourth-order valence-electron chi connectivity index (χ4n) is 4.23. The second kappa shape index (κ2) is 10.5. The number of hydrogen-bond donors (Lipinski definition) is 1. The van der Waals surface area contributed by atoms with Crippen molar-refractivity contribution in [1.82, 2.24) is 0 Å². The number of esters is 1. The van der Waals surface area contributed by atoms with E-state index in [1.807, 2.05) is 54.6 Å². The monoisotopic (exact) mass is 398 g/mol. The number of aliphatic hydroxyl groups excluding tert-OH is 1. The molecule has 0 aromatic heterocycles. The predicted octanol–water partition coefficient (Wildman–Crippen LogP) is 3.55. The summed E-state index contributed by atoms with van der Waals surface area (Å²) in [5, 5.41) is 10.7. The molecule has 0 spiro atoms. The van der Waals surface area contributed by atoms with Gasteiger partial charge in [-0.05, 0) is 37.0 Å². The zero-order valence-electron chi connectivity index (χ0n) is 17.3. The van der Waals surface area contributed by atoms with Gasteiger partial charge in [0.15, 0.2) is 0 Å². The molecule has 0 saturated carbocycles. The van der Waals surface area contributed by atoms with Gasteiger partial charge in [-0.15, -0.1) is 0 Å². The van der Waals surface area contributed by atoms with E-state index in [4.69, 9.17) is 9.47 Å². The van der Waals surface area contributed by atoms with Crippen molar-refractivity contribution in [2.75, 3.05) is 33.4 Å². The summed E-state index contributed by atoms with van der Waals surface area (Å²) in [6.07, 6.45) is 3.11. The SMILES string of the molecule is COC(=O)c1ccc(C[N+]2(CC(O)COCc3ccccc3)CCCCC2)cc1. The van der Waals surface area contributed by atoms with Gasteiger partial charge in [-0.3, -0.25) is 0 Å². The smallest absolute Gasteiger partial charge is 0.337 e. The van der Waals surface area contributed by atoms with Crippen LogP contribution in [0.4, 0.5) is 0 Å². The fraction of sp³-hybridized carbons (Fsp3) is 0.458. The first-order valence-corrected chi connectivity index (χ1v) is 10.4. The Morgan fingerprint density at radius 3 is 2.34 bits per heavy atom. The summed E-state index contributed by atoms with van der Waals surface area (Å²) in [5.74, 6) is -0.315. The van der Waals surface area contributed by atoms with E-state index in [1.165, 1.54) is 31.9 Å². The fourth-order valence-corrected chi connectivity index (χ4v) is 4.23. The maximum atomic E-state index is 11.7. The third-order valence-electron chi connectivity index (χ3n) is 5.68. The Kier molecular flexibility index (Phi) is 7.81. The van der Waals surface area contributed by atoms with E-state index in [0.29, 0.717) is 25.3 Å². The zero-order valence-corrected chi connectivity index (χ0v) is 17.3. The summed E-state index contributed by atoms with van der Waals surface area (Å²) in [6, 6.07) is 17.7. The van der Waals surface area contributed by atoms with Crippen LogP contribution in [0.5, 0.6) is 0 Å². The minimum absolute atomic E-state index is 0.315. The minimum atomic E-state index is -0.494. The summed E-state index contributed by atoms with van der Waals surface area (Å²) >= 11 is 0. The Morgan fingerprint density at radius 1 is 1.00 bits per heavy atom. The van der Waals surface area contributed by atoms with E-state index in [0.717, 1.165) is 29.7 Å². The topological polar surface area (TPSA) is 55.8 Å². The number of carbonyl (C=O) groups excluding carboxylic acids is 1. The zero-order chi connectivity index (χ0) is 20.5. The van der Waals surface area contributed by atoms with E-state index in [2.05, 4.69) is 0 Å². The third-order valence-corrected chi connectivity index (χ3v) is 5.68. The van der Waals surface area contributed by atoms with Crippen LogP contribution in [-0.2, 0) is 22.6 Å². The molecule has 1 fully saturated rings. The number of rotatable bonds is 9. The second-order valence-electron chi connectivity index (χ2n) is 8.03. The number of likely N-dealkylation sites (tertiary alicyclic amines) is 1. The lowest BCUT2D eigenvalue weighted by Crippen LogP contribution is -2.55. The molecule has 1 N–H and O–H groups in total. The van der Waals surface area contributed by atoms with Crippen molar-refractivity contribution in [1.29, 1.82) is 0 Å². The van der Waals surface area contributed by atoms with Crippen molar-refractivity contribution in [3.63, 3.8) is 0 Å². The van der Waals surface area contributed by atoms with Crippen LogP contribution in [0, 0.1) is 0 Å². The predicted molar refractivity (Wildman–Crippen MR) is 112 cm³/mol. The Balaban J connectivity index is 1.58. The Hall–Kier alpha value is -2.21. The number of nitrogens with zero attached hydrogens (tertiary/aromatic N) is 1. The van der Waals surface area contributed by atoms with Crippen molar-refractivity contribution >= 4 is 5.97 Å². The number of carbonyl (C=O) groups is 1. The van der Waals surface area contributed by atoms with Gasteiger partial charge in [-0.25, -0.2) is 4.79 Å². The summed E-state index contributed by atoms with van der Waals surface area (Å²) in [6.45, 7) is 4.54. The van der Waals surface area contributed by atoms with Gasteiger partial charge in [-0.1, -0.05) is 42.5 Å². The first-order valence-electron chi connectivity index (χ1n) is 10.4. The van der Waals surface area contributed by atoms with Crippen LogP contribution in [0.1, 0.15) is 40.7 Å².